The van der Waals surface area contributed by atoms with Gasteiger partial charge in [0.2, 0.25) is 0 Å². The molecule has 17 heavy (non-hydrogen) atoms. The third kappa shape index (κ3) is 2.32. The number of fused-ring (bicyclic) bond motifs is 1. The summed E-state index contributed by atoms with van der Waals surface area (Å²) in [4.78, 5) is 23.6. The van der Waals surface area contributed by atoms with E-state index in [0.29, 0.717) is 18.0 Å². The Kier molecular flexibility index (Phi) is 3.44. The maximum absolute atomic E-state index is 11.6. The van der Waals surface area contributed by atoms with Crippen LogP contribution in [0.15, 0.2) is 18.2 Å². The Hall–Kier alpha value is -1.40. The molecule has 1 aromatic carbocycles. The lowest BCUT2D eigenvalue weighted by molar-refractivity contribution is -0.120. The highest BCUT2D eigenvalue weighted by Crippen LogP contribution is 2.33. The van der Waals surface area contributed by atoms with Crippen LogP contribution in [0.5, 0.6) is 5.75 Å². The van der Waals surface area contributed by atoms with Crippen LogP contribution in [0, 0.1) is 0 Å². The molecule has 2 rings (SSSR count). The number of hydrogen-bond acceptors (Lipinski definition) is 4. The molecule has 0 aliphatic carbocycles. The third-order valence-electron chi connectivity index (χ3n) is 2.42. The van der Waals surface area contributed by atoms with Crippen LogP contribution in [0.2, 0.25) is 0 Å². The van der Waals surface area contributed by atoms with Crippen molar-refractivity contribution in [3.63, 3.8) is 0 Å². The van der Waals surface area contributed by atoms with Crippen LogP contribution in [0.4, 0.5) is 10.5 Å². The van der Waals surface area contributed by atoms with Crippen LogP contribution in [-0.2, 0) is 11.3 Å². The van der Waals surface area contributed by atoms with Crippen molar-refractivity contribution in [3.05, 3.63) is 23.8 Å². The van der Waals surface area contributed by atoms with Crippen LogP contribution in [0.1, 0.15) is 5.56 Å². The summed E-state index contributed by atoms with van der Waals surface area (Å²) in [6.45, 7) is 0.543. The number of amides is 2. The van der Waals surface area contributed by atoms with E-state index >= 15 is 0 Å². The number of nitrogens with one attached hydrogen (secondary N) is 1. The first-order chi connectivity index (χ1) is 8.13. The lowest BCUT2D eigenvalue weighted by Gasteiger charge is -2.26. The van der Waals surface area contributed by atoms with E-state index < -0.39 is 4.82 Å². The van der Waals surface area contributed by atoms with E-state index in [1.807, 2.05) is 13.1 Å². The Balaban J connectivity index is 2.45. The minimum atomic E-state index is -0.478. The summed E-state index contributed by atoms with van der Waals surface area (Å²) in [6, 6.07) is 5.42. The summed E-state index contributed by atoms with van der Waals surface area (Å²) < 4.78 is 5.26. The highest BCUT2D eigenvalue weighted by molar-refractivity contribution is 9.18. The molecule has 0 atom stereocenters. The lowest BCUT2D eigenvalue weighted by Crippen LogP contribution is -2.40. The van der Waals surface area contributed by atoms with Gasteiger partial charge in [-0.25, -0.2) is 4.90 Å². The number of nitrogens with zero attached hydrogens (tertiary/aromatic N) is 1. The van der Waals surface area contributed by atoms with E-state index in [4.69, 9.17) is 4.74 Å². The van der Waals surface area contributed by atoms with Crippen LogP contribution in [0.3, 0.4) is 0 Å². The highest BCUT2D eigenvalue weighted by atomic mass is 79.9. The number of carbonyl (C=O) groups is 2. The summed E-state index contributed by atoms with van der Waals surface area (Å²) in [5, 5.41) is 3.01. The maximum Gasteiger partial charge on any atom is 0.301 e. The largest absolute Gasteiger partial charge is 0.482 e. The standard InChI is InChI=1S/C11H11BrN2O3/c1-13-5-7-2-3-9-8(4-7)14(11(12)16)10(15)6-17-9/h2-4,13H,5-6H2,1H3. The second-order valence-corrected chi connectivity index (χ2v) is 4.28. The predicted octanol–water partition coefficient (Wildman–Crippen LogP) is 1.65. The van der Waals surface area contributed by atoms with Crippen molar-refractivity contribution in [2.75, 3.05) is 18.6 Å². The zero-order chi connectivity index (χ0) is 12.4. The molecular formula is C11H11BrN2O3. The molecule has 0 radical (unpaired) electrons. The maximum atomic E-state index is 11.6. The number of rotatable bonds is 2. The second-order valence-electron chi connectivity index (χ2n) is 3.60. The fourth-order valence-electron chi connectivity index (χ4n) is 1.70. The van der Waals surface area contributed by atoms with Crippen LogP contribution in [-0.4, -0.2) is 24.4 Å². The van der Waals surface area contributed by atoms with Crippen LogP contribution >= 0.6 is 15.9 Å². The van der Waals surface area contributed by atoms with Gasteiger partial charge in [-0.15, -0.1) is 0 Å². The minimum Gasteiger partial charge on any atom is -0.482 e. The second kappa shape index (κ2) is 4.85. The predicted molar refractivity (Wildman–Crippen MR) is 66.5 cm³/mol. The smallest absolute Gasteiger partial charge is 0.301 e. The van der Waals surface area contributed by atoms with Crippen LogP contribution in [0.25, 0.3) is 0 Å². The molecule has 0 unspecified atom stereocenters. The molecule has 0 aromatic heterocycles. The molecule has 2 amide bonds. The van der Waals surface area contributed by atoms with E-state index in [9.17, 15) is 9.59 Å². The molecule has 0 saturated carbocycles. The average molecular weight is 299 g/mol. The Labute approximate surface area is 107 Å². The SMILES string of the molecule is CNCc1ccc2c(c1)N(C(=O)Br)C(=O)CO2. The van der Waals surface area contributed by atoms with Crippen LogP contribution < -0.4 is 15.0 Å². The van der Waals surface area contributed by atoms with Crippen molar-refractivity contribution in [2.45, 2.75) is 6.54 Å². The van der Waals surface area contributed by atoms with E-state index in [1.165, 1.54) is 0 Å². The molecule has 1 aromatic rings. The molecule has 6 heteroatoms. The molecule has 1 aliphatic rings. The Bertz CT molecular complexity index is 476. The van der Waals surface area contributed by atoms with Gasteiger partial charge in [-0.1, -0.05) is 6.07 Å². The Morgan fingerprint density at radius 1 is 1.59 bits per heavy atom. The number of ether oxygens (including phenoxy) is 1. The van der Waals surface area contributed by atoms with Crippen molar-refractivity contribution in [2.24, 2.45) is 0 Å². The first-order valence-electron chi connectivity index (χ1n) is 5.06. The number of hydrogen-bond donors (Lipinski definition) is 1. The van der Waals surface area contributed by atoms with Crippen molar-refractivity contribution in [1.82, 2.24) is 5.32 Å². The molecule has 0 saturated heterocycles. The van der Waals surface area contributed by atoms with Gasteiger partial charge >= 0.3 is 4.82 Å². The zero-order valence-electron chi connectivity index (χ0n) is 9.20. The topological polar surface area (TPSA) is 58.6 Å². The minimum absolute atomic E-state index is 0.115. The summed E-state index contributed by atoms with van der Waals surface area (Å²) in [5.74, 6) is 0.165. The molecule has 0 spiro atoms. The number of benzene rings is 1. The van der Waals surface area contributed by atoms with Gasteiger partial charge in [0.1, 0.15) is 5.75 Å². The number of imide groups is 1. The number of halogens is 1. The Morgan fingerprint density at radius 2 is 2.35 bits per heavy atom. The molecule has 1 heterocycles. The van der Waals surface area contributed by atoms with Gasteiger partial charge in [-0.05, 0) is 24.7 Å². The molecule has 5 nitrogen and oxygen atoms in total. The van der Waals surface area contributed by atoms with E-state index in [-0.39, 0.29) is 12.5 Å². The molecule has 0 bridgehead atoms. The Morgan fingerprint density at radius 3 is 3.00 bits per heavy atom. The molecule has 1 N–H and O–H groups in total. The fourth-order valence-corrected chi connectivity index (χ4v) is 2.09. The van der Waals surface area contributed by atoms with Gasteiger partial charge in [0, 0.05) is 22.5 Å². The first-order valence-corrected chi connectivity index (χ1v) is 5.85. The molecular weight excluding hydrogens is 288 g/mol. The monoisotopic (exact) mass is 298 g/mol. The van der Waals surface area contributed by atoms with E-state index in [0.717, 1.165) is 10.5 Å². The van der Waals surface area contributed by atoms with Gasteiger partial charge in [0.15, 0.2) is 6.61 Å². The summed E-state index contributed by atoms with van der Waals surface area (Å²) in [7, 11) is 1.83. The molecule has 0 fully saturated rings. The van der Waals surface area contributed by atoms with E-state index in [2.05, 4.69) is 21.2 Å². The highest BCUT2D eigenvalue weighted by Gasteiger charge is 2.29. The summed E-state index contributed by atoms with van der Waals surface area (Å²) in [6.07, 6.45) is 0. The van der Waals surface area contributed by atoms with Crippen molar-refractivity contribution >= 4 is 32.3 Å². The molecule has 1 aliphatic heterocycles. The van der Waals surface area contributed by atoms with Crippen molar-refractivity contribution < 1.29 is 14.3 Å². The van der Waals surface area contributed by atoms with Gasteiger partial charge < -0.3 is 10.1 Å². The normalized spacial score (nSPS) is 14.2. The van der Waals surface area contributed by atoms with Gasteiger partial charge in [-0.3, -0.25) is 9.59 Å². The third-order valence-corrected chi connectivity index (χ3v) is 2.78. The van der Waals surface area contributed by atoms with Gasteiger partial charge in [-0.2, -0.15) is 0 Å². The molecule has 90 valence electrons. The van der Waals surface area contributed by atoms with Crippen molar-refractivity contribution in [3.8, 4) is 5.75 Å². The van der Waals surface area contributed by atoms with E-state index in [1.54, 1.807) is 12.1 Å². The van der Waals surface area contributed by atoms with Gasteiger partial charge in [0.25, 0.3) is 5.91 Å². The summed E-state index contributed by atoms with van der Waals surface area (Å²) in [5.41, 5.74) is 1.46. The van der Waals surface area contributed by atoms with Gasteiger partial charge in [0.05, 0.1) is 5.69 Å². The fraction of sp³-hybridized carbons (Fsp3) is 0.273. The quantitative estimate of drug-likeness (QED) is 0.666. The van der Waals surface area contributed by atoms with Crippen molar-refractivity contribution in [1.29, 1.82) is 0 Å². The average Bonchev–Trinajstić information content (AvgIpc) is 2.28. The summed E-state index contributed by atoms with van der Waals surface area (Å²) >= 11 is 2.80. The number of carbonyl (C=O) groups excluding carboxylic acids is 2. The first kappa shape index (κ1) is 12.1. The number of anilines is 1. The zero-order valence-corrected chi connectivity index (χ0v) is 10.8. The lowest BCUT2D eigenvalue weighted by atomic mass is 10.1.